The van der Waals surface area contributed by atoms with Gasteiger partial charge in [0, 0.05) is 26.7 Å². The van der Waals surface area contributed by atoms with Crippen LogP contribution in [0, 0.1) is 0 Å². The van der Waals surface area contributed by atoms with Crippen molar-refractivity contribution in [2.24, 2.45) is 0 Å². The van der Waals surface area contributed by atoms with Gasteiger partial charge < -0.3 is 14.4 Å². The van der Waals surface area contributed by atoms with Crippen LogP contribution in [0.25, 0.3) is 0 Å². The van der Waals surface area contributed by atoms with Crippen LogP contribution in [0.3, 0.4) is 0 Å². The normalized spacial score (nSPS) is 17.9. The topological polar surface area (TPSA) is 84.9 Å². The highest BCUT2D eigenvalue weighted by Gasteiger charge is 2.34. The molecule has 1 aliphatic heterocycles. The molecule has 2 heterocycles. The van der Waals surface area contributed by atoms with Gasteiger partial charge in [-0.05, 0) is 18.6 Å². The van der Waals surface area contributed by atoms with Crippen LogP contribution in [0.4, 0.5) is 5.82 Å². The highest BCUT2D eigenvalue weighted by molar-refractivity contribution is 7.89. The maximum Gasteiger partial charge on any atom is 0.243 e. The average molecular weight is 378 g/mol. The SMILES string of the molecule is COc1cccc(S(=O)(=O)N2CCC(Oc3cncc(N(C)C)n3)C2)c1. The van der Waals surface area contributed by atoms with Gasteiger partial charge in [-0.1, -0.05) is 6.07 Å². The molecule has 0 aliphatic carbocycles. The van der Waals surface area contributed by atoms with Gasteiger partial charge in [0.25, 0.3) is 0 Å². The summed E-state index contributed by atoms with van der Waals surface area (Å²) in [4.78, 5) is 10.5. The lowest BCUT2D eigenvalue weighted by atomic mass is 10.3. The van der Waals surface area contributed by atoms with Crippen LogP contribution in [0.5, 0.6) is 11.6 Å². The molecule has 8 nitrogen and oxygen atoms in total. The van der Waals surface area contributed by atoms with Crippen molar-refractivity contribution in [2.75, 3.05) is 39.2 Å². The molecular weight excluding hydrogens is 356 g/mol. The maximum absolute atomic E-state index is 12.8. The lowest BCUT2D eigenvalue weighted by Gasteiger charge is -2.18. The fraction of sp³-hybridized carbons (Fsp3) is 0.412. The summed E-state index contributed by atoms with van der Waals surface area (Å²) in [6.07, 6.45) is 3.51. The van der Waals surface area contributed by atoms with Crippen LogP contribution in [0.15, 0.2) is 41.6 Å². The van der Waals surface area contributed by atoms with Crippen LogP contribution in [-0.2, 0) is 10.0 Å². The van der Waals surface area contributed by atoms with Crippen molar-refractivity contribution in [3.05, 3.63) is 36.7 Å². The molecule has 1 aliphatic rings. The van der Waals surface area contributed by atoms with E-state index in [0.29, 0.717) is 30.4 Å². The molecule has 1 aromatic heterocycles. The number of hydrogen-bond acceptors (Lipinski definition) is 7. The van der Waals surface area contributed by atoms with E-state index in [2.05, 4.69) is 9.97 Å². The Morgan fingerprint density at radius 3 is 2.81 bits per heavy atom. The number of nitrogens with zero attached hydrogens (tertiary/aromatic N) is 4. The van der Waals surface area contributed by atoms with Crippen LogP contribution in [0.1, 0.15) is 6.42 Å². The van der Waals surface area contributed by atoms with Gasteiger partial charge in [0.1, 0.15) is 11.9 Å². The first-order valence-corrected chi connectivity index (χ1v) is 9.64. The molecule has 0 radical (unpaired) electrons. The third kappa shape index (κ3) is 3.88. The van der Waals surface area contributed by atoms with Gasteiger partial charge >= 0.3 is 0 Å². The zero-order valence-corrected chi connectivity index (χ0v) is 15.8. The number of sulfonamides is 1. The molecule has 1 unspecified atom stereocenters. The second kappa shape index (κ2) is 7.46. The Balaban J connectivity index is 1.70. The average Bonchev–Trinajstić information content (AvgIpc) is 3.11. The summed E-state index contributed by atoms with van der Waals surface area (Å²) < 4.78 is 38.0. The highest BCUT2D eigenvalue weighted by atomic mass is 32.2. The van der Waals surface area contributed by atoms with Crippen LogP contribution >= 0.6 is 0 Å². The Kier molecular flexibility index (Phi) is 5.28. The van der Waals surface area contributed by atoms with Crippen LogP contribution in [0.2, 0.25) is 0 Å². The minimum absolute atomic E-state index is 0.215. The number of aromatic nitrogens is 2. The minimum atomic E-state index is -3.59. The van der Waals surface area contributed by atoms with Crippen molar-refractivity contribution in [3.63, 3.8) is 0 Å². The first-order valence-electron chi connectivity index (χ1n) is 8.20. The molecule has 9 heteroatoms. The number of methoxy groups -OCH3 is 1. The molecule has 0 bridgehead atoms. The van der Waals surface area contributed by atoms with E-state index in [0.717, 1.165) is 0 Å². The molecule has 0 N–H and O–H groups in total. The summed E-state index contributed by atoms with van der Waals surface area (Å²) in [7, 11) is 1.65. The predicted octanol–water partition coefficient (Wildman–Crippen LogP) is 1.39. The third-order valence-corrected chi connectivity index (χ3v) is 5.99. The lowest BCUT2D eigenvalue weighted by molar-refractivity contribution is 0.206. The third-order valence-electron chi connectivity index (χ3n) is 4.13. The molecule has 26 heavy (non-hydrogen) atoms. The fourth-order valence-corrected chi connectivity index (χ4v) is 4.23. The van der Waals surface area contributed by atoms with E-state index in [1.165, 1.54) is 23.7 Å². The van der Waals surface area contributed by atoms with Gasteiger partial charge in [-0.15, -0.1) is 0 Å². The van der Waals surface area contributed by atoms with E-state index in [9.17, 15) is 8.42 Å². The molecule has 140 valence electrons. The minimum Gasteiger partial charge on any atom is -0.497 e. The van der Waals surface area contributed by atoms with E-state index >= 15 is 0 Å². The molecule has 1 fully saturated rings. The van der Waals surface area contributed by atoms with Crippen LogP contribution < -0.4 is 14.4 Å². The van der Waals surface area contributed by atoms with Gasteiger partial charge in [0.15, 0.2) is 5.82 Å². The van der Waals surface area contributed by atoms with Crippen molar-refractivity contribution in [1.29, 1.82) is 0 Å². The monoisotopic (exact) mass is 378 g/mol. The largest absolute Gasteiger partial charge is 0.497 e. The van der Waals surface area contributed by atoms with Gasteiger partial charge in [0.05, 0.1) is 30.9 Å². The van der Waals surface area contributed by atoms with Gasteiger partial charge in [-0.3, -0.25) is 4.98 Å². The standard InChI is InChI=1S/C17H22N4O4S/c1-20(2)16-10-18-11-17(19-16)25-14-7-8-21(12-14)26(22,23)15-6-4-5-13(9-15)24-3/h4-6,9-11,14H,7-8,12H2,1-3H3. The zero-order valence-electron chi connectivity index (χ0n) is 15.0. The van der Waals surface area contributed by atoms with Gasteiger partial charge in [0.2, 0.25) is 15.9 Å². The quantitative estimate of drug-likeness (QED) is 0.751. The lowest BCUT2D eigenvalue weighted by Crippen LogP contribution is -2.31. The van der Waals surface area contributed by atoms with E-state index in [-0.39, 0.29) is 17.5 Å². The number of benzene rings is 1. The molecular formula is C17H22N4O4S. The highest BCUT2D eigenvalue weighted by Crippen LogP contribution is 2.26. The first-order chi connectivity index (χ1) is 12.4. The predicted molar refractivity (Wildman–Crippen MR) is 97.1 cm³/mol. The van der Waals surface area contributed by atoms with E-state index < -0.39 is 10.0 Å². The van der Waals surface area contributed by atoms with E-state index in [1.807, 2.05) is 19.0 Å². The van der Waals surface area contributed by atoms with Gasteiger partial charge in [-0.25, -0.2) is 8.42 Å². The second-order valence-corrected chi connectivity index (χ2v) is 8.12. The molecule has 0 spiro atoms. The summed E-state index contributed by atoms with van der Waals surface area (Å²) in [6, 6.07) is 6.47. The maximum atomic E-state index is 12.8. The Morgan fingerprint density at radius 1 is 1.27 bits per heavy atom. The van der Waals surface area contributed by atoms with Gasteiger partial charge in [-0.2, -0.15) is 9.29 Å². The Hall–Kier alpha value is -2.39. The van der Waals surface area contributed by atoms with Crippen molar-refractivity contribution < 1.29 is 17.9 Å². The number of rotatable bonds is 6. The summed E-state index contributed by atoms with van der Waals surface area (Å²) in [5.41, 5.74) is 0. The molecule has 0 saturated carbocycles. The van der Waals surface area contributed by atoms with Crippen molar-refractivity contribution in [2.45, 2.75) is 17.4 Å². The van der Waals surface area contributed by atoms with Crippen LogP contribution in [-0.4, -0.2) is 63.1 Å². The summed E-state index contributed by atoms with van der Waals surface area (Å²) >= 11 is 0. The van der Waals surface area contributed by atoms with E-state index in [4.69, 9.17) is 9.47 Å². The number of hydrogen-bond donors (Lipinski definition) is 0. The smallest absolute Gasteiger partial charge is 0.243 e. The zero-order chi connectivity index (χ0) is 18.7. The molecule has 0 amide bonds. The Bertz CT molecular complexity index is 873. The Labute approximate surface area is 153 Å². The molecule has 1 atom stereocenters. The van der Waals surface area contributed by atoms with Crippen molar-refractivity contribution in [3.8, 4) is 11.6 Å². The summed E-state index contributed by atoms with van der Waals surface area (Å²) in [6.45, 7) is 0.665. The van der Waals surface area contributed by atoms with Crippen molar-refractivity contribution >= 4 is 15.8 Å². The summed E-state index contributed by atoms with van der Waals surface area (Å²) in [5.74, 6) is 1.58. The van der Waals surface area contributed by atoms with E-state index in [1.54, 1.807) is 24.4 Å². The molecule has 3 rings (SSSR count). The van der Waals surface area contributed by atoms with Crippen molar-refractivity contribution in [1.82, 2.24) is 14.3 Å². The number of anilines is 1. The summed E-state index contributed by atoms with van der Waals surface area (Å²) in [5, 5.41) is 0. The molecule has 1 saturated heterocycles. The molecule has 2 aromatic rings. The second-order valence-electron chi connectivity index (χ2n) is 6.18. The fourth-order valence-electron chi connectivity index (χ4n) is 2.70. The Morgan fingerprint density at radius 2 is 2.08 bits per heavy atom. The first kappa shape index (κ1) is 18.4. The molecule has 1 aromatic carbocycles. The number of ether oxygens (including phenoxy) is 2.